The maximum atomic E-state index is 14.2. The molecule has 2 aliphatic heterocycles. The number of phosphoric acid groups is 3. The monoisotopic (exact) mass is 562 g/mol. The van der Waals surface area contributed by atoms with E-state index in [-0.39, 0.29) is 17.2 Å². The lowest BCUT2D eigenvalue weighted by Crippen LogP contribution is -2.54. The molecule has 0 spiro atoms. The summed E-state index contributed by atoms with van der Waals surface area (Å²) in [5, 5.41) is 21.7. The quantitative estimate of drug-likeness (QED) is 0.141. The van der Waals surface area contributed by atoms with Crippen molar-refractivity contribution in [1.82, 2.24) is 9.97 Å². The third-order valence-corrected chi connectivity index (χ3v) is 8.72. The predicted octanol–water partition coefficient (Wildman–Crippen LogP) is -0.966. The van der Waals surface area contributed by atoms with Crippen LogP contribution in [-0.2, 0) is 31.6 Å². The summed E-state index contributed by atoms with van der Waals surface area (Å²) < 4.78 is 65.4. The van der Waals surface area contributed by atoms with Gasteiger partial charge in [0.05, 0.1) is 18.2 Å². The van der Waals surface area contributed by atoms with Crippen LogP contribution in [0.5, 0.6) is 0 Å². The minimum atomic E-state index is -5.87. The highest BCUT2D eigenvalue weighted by Crippen LogP contribution is 2.66. The van der Waals surface area contributed by atoms with Crippen LogP contribution in [0.25, 0.3) is 0 Å². The number of nitrogen functional groups attached to an aromatic ring is 1. The molecule has 0 radical (unpaired) electrons. The number of rotatable bonds is 9. The molecular formula is C14H18FN4O13P3. The summed E-state index contributed by atoms with van der Waals surface area (Å²) in [7, 11) is -17.2. The number of hydrogen-bond acceptors (Lipinski definition) is 13. The Kier molecular flexibility index (Phi) is 7.44. The lowest BCUT2D eigenvalue weighted by atomic mass is 9.81. The van der Waals surface area contributed by atoms with Crippen molar-refractivity contribution in [3.05, 3.63) is 12.0 Å². The molecule has 1 aromatic rings. The molecule has 194 valence electrons. The molecule has 2 aliphatic rings. The first-order valence-electron chi connectivity index (χ1n) is 9.04. The Bertz CT molecular complexity index is 1220. The third kappa shape index (κ3) is 5.53. The number of fused-ring (bicyclic) bond motifs is 1. The maximum Gasteiger partial charge on any atom is 0.490 e. The average Bonchev–Trinajstić information content (AvgIpc) is 3.24. The Morgan fingerprint density at radius 1 is 1.20 bits per heavy atom. The minimum absolute atomic E-state index is 0.0408. The SMILES string of the molecule is C#C[C@@]1(O)[C@H](O)[C@@](CF)(COP(=O)(O)OP(=O)(O)OP(=O)(O)O)O[C@H]1C1C=Nc2c(N)ncnc21. The first-order valence-corrected chi connectivity index (χ1v) is 13.6. The number of terminal acetylenes is 1. The van der Waals surface area contributed by atoms with Crippen molar-refractivity contribution in [2.75, 3.05) is 19.0 Å². The Labute approximate surface area is 195 Å². The third-order valence-electron chi connectivity index (χ3n) is 4.94. The molecule has 1 aromatic heterocycles. The van der Waals surface area contributed by atoms with Gasteiger partial charge in [0.1, 0.15) is 30.9 Å². The molecule has 3 heterocycles. The van der Waals surface area contributed by atoms with Gasteiger partial charge in [0.2, 0.25) is 0 Å². The minimum Gasteiger partial charge on any atom is -0.386 e. The number of anilines is 1. The van der Waals surface area contributed by atoms with E-state index in [1.54, 1.807) is 0 Å². The van der Waals surface area contributed by atoms with Gasteiger partial charge in [-0.25, -0.2) is 28.1 Å². The van der Waals surface area contributed by atoms with Crippen molar-refractivity contribution < 1.29 is 65.8 Å². The molecule has 1 saturated heterocycles. The van der Waals surface area contributed by atoms with E-state index in [9.17, 15) is 38.1 Å². The number of phosphoric ester groups is 1. The van der Waals surface area contributed by atoms with E-state index in [0.29, 0.717) is 0 Å². The molecule has 0 bridgehead atoms. The summed E-state index contributed by atoms with van der Waals surface area (Å²) >= 11 is 0. The van der Waals surface area contributed by atoms with Gasteiger partial charge in [-0.2, -0.15) is 8.62 Å². The largest absolute Gasteiger partial charge is 0.490 e. The highest BCUT2D eigenvalue weighted by atomic mass is 31.3. The van der Waals surface area contributed by atoms with Crippen LogP contribution >= 0.6 is 23.5 Å². The van der Waals surface area contributed by atoms with Gasteiger partial charge in [0, 0.05) is 6.21 Å². The van der Waals surface area contributed by atoms with Crippen LogP contribution in [0.4, 0.5) is 15.9 Å². The van der Waals surface area contributed by atoms with Crippen molar-refractivity contribution in [1.29, 1.82) is 0 Å². The number of aliphatic imine (C=N–C) groups is 1. The van der Waals surface area contributed by atoms with Crippen molar-refractivity contribution in [3.63, 3.8) is 0 Å². The van der Waals surface area contributed by atoms with Crippen LogP contribution in [0.3, 0.4) is 0 Å². The molecule has 8 N–H and O–H groups in total. The lowest BCUT2D eigenvalue weighted by Gasteiger charge is -2.30. The normalized spacial score (nSPS) is 33.6. The van der Waals surface area contributed by atoms with E-state index in [4.69, 9.17) is 26.7 Å². The molecule has 0 amide bonds. The number of aliphatic hydroxyl groups is 2. The fourth-order valence-corrected chi connectivity index (χ4v) is 6.53. The van der Waals surface area contributed by atoms with Gasteiger partial charge < -0.3 is 40.3 Å². The van der Waals surface area contributed by atoms with Crippen LogP contribution in [0.15, 0.2) is 11.3 Å². The van der Waals surface area contributed by atoms with Gasteiger partial charge in [-0.3, -0.25) is 9.52 Å². The molecule has 3 rings (SSSR count). The number of nitrogens with two attached hydrogens (primary N) is 1. The van der Waals surface area contributed by atoms with Crippen molar-refractivity contribution in [2.24, 2.45) is 4.99 Å². The van der Waals surface area contributed by atoms with Crippen LogP contribution in [-0.4, -0.2) is 82.7 Å². The van der Waals surface area contributed by atoms with E-state index >= 15 is 0 Å². The van der Waals surface area contributed by atoms with Crippen LogP contribution in [0.2, 0.25) is 0 Å². The van der Waals surface area contributed by atoms with Gasteiger partial charge in [0.25, 0.3) is 0 Å². The van der Waals surface area contributed by atoms with Crippen molar-refractivity contribution in [2.45, 2.75) is 29.3 Å². The topological polar surface area (TPSA) is 274 Å². The number of ether oxygens (including phenoxy) is 1. The molecule has 1 fully saturated rings. The van der Waals surface area contributed by atoms with Gasteiger partial charge in [-0.05, 0) is 0 Å². The van der Waals surface area contributed by atoms with Gasteiger partial charge in [0.15, 0.2) is 17.0 Å². The zero-order valence-electron chi connectivity index (χ0n) is 17.1. The van der Waals surface area contributed by atoms with E-state index in [0.717, 1.165) is 6.33 Å². The summed E-state index contributed by atoms with van der Waals surface area (Å²) in [6.07, 6.45) is 3.64. The molecule has 0 aliphatic carbocycles. The van der Waals surface area contributed by atoms with Crippen molar-refractivity contribution in [3.8, 4) is 12.3 Å². The number of alkyl halides is 1. The molecule has 3 unspecified atom stereocenters. The number of aromatic nitrogens is 2. The van der Waals surface area contributed by atoms with Gasteiger partial charge in [-0.15, -0.1) is 6.42 Å². The molecule has 21 heteroatoms. The zero-order valence-corrected chi connectivity index (χ0v) is 19.7. The Morgan fingerprint density at radius 3 is 2.43 bits per heavy atom. The molecule has 7 atom stereocenters. The van der Waals surface area contributed by atoms with E-state index in [1.807, 2.05) is 5.92 Å². The van der Waals surface area contributed by atoms with Gasteiger partial charge >= 0.3 is 23.5 Å². The highest BCUT2D eigenvalue weighted by molar-refractivity contribution is 7.66. The van der Waals surface area contributed by atoms with E-state index in [2.05, 4.69) is 28.1 Å². The second kappa shape index (κ2) is 9.33. The number of halogens is 1. The van der Waals surface area contributed by atoms with Crippen LogP contribution in [0, 0.1) is 12.3 Å². The number of aliphatic hydroxyl groups excluding tert-OH is 1. The highest BCUT2D eigenvalue weighted by Gasteiger charge is 2.66. The maximum absolute atomic E-state index is 14.2. The molecule has 35 heavy (non-hydrogen) atoms. The molecule has 0 aromatic carbocycles. The summed E-state index contributed by atoms with van der Waals surface area (Å²) in [5.41, 5.74) is 0.616. The predicted molar refractivity (Wildman–Crippen MR) is 111 cm³/mol. The van der Waals surface area contributed by atoms with Crippen LogP contribution in [0.1, 0.15) is 11.6 Å². The van der Waals surface area contributed by atoms with E-state index < -0.39 is 66.1 Å². The van der Waals surface area contributed by atoms with Crippen molar-refractivity contribution >= 4 is 41.2 Å². The summed E-state index contributed by atoms with van der Waals surface area (Å²) in [5.74, 6) is 0.734. The van der Waals surface area contributed by atoms with Crippen LogP contribution < -0.4 is 5.73 Å². The summed E-state index contributed by atoms with van der Waals surface area (Å²) in [4.78, 5) is 47.7. The Morgan fingerprint density at radius 2 is 1.86 bits per heavy atom. The van der Waals surface area contributed by atoms with E-state index in [1.165, 1.54) is 6.21 Å². The Balaban J connectivity index is 1.86. The molecular weight excluding hydrogens is 544 g/mol. The van der Waals surface area contributed by atoms with Gasteiger partial charge in [-0.1, -0.05) is 5.92 Å². The Hall–Kier alpha value is -1.67. The smallest absolute Gasteiger partial charge is 0.386 e. The average molecular weight is 562 g/mol. The standard InChI is InChI=1S/C14H18FN4O13P3/c1-2-14(21)10(7-3-17-9-8(7)18-6-19-11(9)16)30-13(4-15,12(14)20)5-29-34(25,26)32-35(27,28)31-33(22,23)24/h1,3,6-7,10,12,20-21H,4-5H2,(H,25,26)(H,27,28)(H2,16,18,19)(H2,22,23,24)/t7?,10-,12+,13+,14-/m0/s1. The summed E-state index contributed by atoms with van der Waals surface area (Å²) in [6, 6.07) is 0. The molecule has 17 nitrogen and oxygen atoms in total. The molecule has 0 saturated carbocycles. The second-order valence-corrected chi connectivity index (χ2v) is 11.7. The first kappa shape index (κ1) is 27.9. The summed E-state index contributed by atoms with van der Waals surface area (Å²) in [6.45, 7) is -3.11. The fraction of sp³-hybridized carbons (Fsp3) is 0.500. The number of hydrogen-bond donors (Lipinski definition) is 7. The number of nitrogens with zero attached hydrogens (tertiary/aromatic N) is 3. The zero-order chi connectivity index (χ0) is 26.4. The first-order chi connectivity index (χ1) is 16.0. The lowest BCUT2D eigenvalue weighted by molar-refractivity contribution is -0.121. The fourth-order valence-electron chi connectivity index (χ4n) is 3.45. The second-order valence-electron chi connectivity index (χ2n) is 7.27.